The van der Waals surface area contributed by atoms with E-state index in [0.29, 0.717) is 16.9 Å². The molecule has 0 aliphatic carbocycles. The number of halogens is 2. The van der Waals surface area contributed by atoms with Crippen LogP contribution >= 0.6 is 0 Å². The summed E-state index contributed by atoms with van der Waals surface area (Å²) in [7, 11) is 1.43. The van der Waals surface area contributed by atoms with Gasteiger partial charge < -0.3 is 25.2 Å². The average molecular weight is 552 g/mol. The number of aromatic hydroxyl groups is 1. The molecule has 40 heavy (non-hydrogen) atoms. The number of phenolic OH excluding ortho intramolecular Hbond substituents is 1. The molecule has 0 aliphatic heterocycles. The number of nitrogens with zero attached hydrogens (tertiary/aromatic N) is 4. The Kier molecular flexibility index (Phi) is 7.93. The largest absolute Gasteiger partial charge is 0.508 e. The summed E-state index contributed by atoms with van der Waals surface area (Å²) in [5, 5.41) is 28.1. The summed E-state index contributed by atoms with van der Waals surface area (Å²) < 4.78 is 40.1. The molecule has 4 rings (SSSR count). The first-order chi connectivity index (χ1) is 18.9. The smallest absolute Gasteiger partial charge is 0.435 e. The van der Waals surface area contributed by atoms with E-state index in [0.717, 1.165) is 16.8 Å². The van der Waals surface area contributed by atoms with Gasteiger partial charge in [0.2, 0.25) is 0 Å². The van der Waals surface area contributed by atoms with E-state index in [9.17, 15) is 18.7 Å². The van der Waals surface area contributed by atoms with E-state index in [1.54, 1.807) is 45.0 Å². The second-order valence-corrected chi connectivity index (χ2v) is 9.55. The summed E-state index contributed by atoms with van der Waals surface area (Å²) in [4.78, 5) is 20.9. The Hall–Kier alpha value is -5.07. The number of methoxy groups -OCH3 is 1. The minimum Gasteiger partial charge on any atom is -0.508 e. The first kappa shape index (κ1) is 28.0. The number of aromatic nitrogens is 4. The standard InChI is InChI=1S/C27H27F2N7O4/c1-27(2,3)40-26(38)36-14-15(11-33-36)34-24-22(39-4)13-32-25(35-24)23(30)17-7-5-6-8-21(17)31-12-18-19(28)9-16(37)10-20(18)29/h5-11,13-14,30-31,37H,12H2,1-4H3,(H,32,34,35). The van der Waals surface area contributed by atoms with Gasteiger partial charge in [0.05, 0.1) is 31.4 Å². The van der Waals surface area contributed by atoms with Crippen LogP contribution in [0.15, 0.2) is 55.0 Å². The number of carbonyl (C=O) groups is 1. The highest BCUT2D eigenvalue weighted by atomic mass is 19.1. The van der Waals surface area contributed by atoms with Gasteiger partial charge in [-0.2, -0.15) is 9.78 Å². The van der Waals surface area contributed by atoms with E-state index in [2.05, 4.69) is 25.7 Å². The number of carbonyl (C=O) groups excluding carboxylic acids is 1. The molecule has 0 spiro atoms. The van der Waals surface area contributed by atoms with Gasteiger partial charge in [0.15, 0.2) is 17.4 Å². The van der Waals surface area contributed by atoms with Crippen molar-refractivity contribution in [3.63, 3.8) is 0 Å². The molecule has 0 atom stereocenters. The lowest BCUT2D eigenvalue weighted by molar-refractivity contribution is 0.0514. The monoisotopic (exact) mass is 551 g/mol. The maximum atomic E-state index is 14.2. The fourth-order valence-corrected chi connectivity index (χ4v) is 3.58. The van der Waals surface area contributed by atoms with Gasteiger partial charge in [-0.1, -0.05) is 18.2 Å². The number of anilines is 3. The predicted molar refractivity (Wildman–Crippen MR) is 143 cm³/mol. The highest BCUT2D eigenvalue weighted by molar-refractivity contribution is 6.12. The third-order valence-corrected chi connectivity index (χ3v) is 5.40. The Labute approximate surface area is 228 Å². The molecular formula is C27H27F2N7O4. The summed E-state index contributed by atoms with van der Waals surface area (Å²) in [6.45, 7) is 4.99. The third-order valence-electron chi connectivity index (χ3n) is 5.40. The van der Waals surface area contributed by atoms with Crippen molar-refractivity contribution in [2.75, 3.05) is 17.7 Å². The Morgan fingerprint density at radius 1 is 1.15 bits per heavy atom. The van der Waals surface area contributed by atoms with Gasteiger partial charge in [0.1, 0.15) is 28.7 Å². The van der Waals surface area contributed by atoms with Crippen LogP contribution in [-0.4, -0.2) is 49.4 Å². The molecule has 4 aromatic rings. The minimum absolute atomic E-state index is 0.0269. The molecule has 0 aliphatic rings. The number of nitrogens with one attached hydrogen (secondary N) is 3. The lowest BCUT2D eigenvalue weighted by atomic mass is 10.1. The topological polar surface area (TPSA) is 147 Å². The molecule has 0 unspecified atom stereocenters. The van der Waals surface area contributed by atoms with Crippen LogP contribution in [0.25, 0.3) is 0 Å². The fraction of sp³-hybridized carbons (Fsp3) is 0.222. The van der Waals surface area contributed by atoms with Gasteiger partial charge >= 0.3 is 6.09 Å². The summed E-state index contributed by atoms with van der Waals surface area (Å²) in [5.41, 5.74) is 0.144. The van der Waals surface area contributed by atoms with Crippen molar-refractivity contribution >= 4 is 29.0 Å². The van der Waals surface area contributed by atoms with Gasteiger partial charge in [0.25, 0.3) is 0 Å². The summed E-state index contributed by atoms with van der Waals surface area (Å²) >= 11 is 0. The maximum absolute atomic E-state index is 14.2. The Bertz CT molecular complexity index is 1540. The lowest BCUT2D eigenvalue weighted by Crippen LogP contribution is -2.27. The molecule has 0 radical (unpaired) electrons. The van der Waals surface area contributed by atoms with Gasteiger partial charge in [-0.3, -0.25) is 5.41 Å². The van der Waals surface area contributed by atoms with E-state index in [1.807, 2.05) is 0 Å². The van der Waals surface area contributed by atoms with Crippen LogP contribution in [0.3, 0.4) is 0 Å². The van der Waals surface area contributed by atoms with Crippen LogP contribution in [0.4, 0.5) is 30.8 Å². The van der Waals surface area contributed by atoms with Crippen molar-refractivity contribution in [2.45, 2.75) is 32.9 Å². The summed E-state index contributed by atoms with van der Waals surface area (Å²) in [5.74, 6) is -1.81. The second kappa shape index (κ2) is 11.4. The number of phenols is 1. The molecule has 2 aromatic carbocycles. The van der Waals surface area contributed by atoms with Crippen molar-refractivity contribution in [3.8, 4) is 11.5 Å². The molecule has 0 amide bonds. The number of ether oxygens (including phenoxy) is 2. The lowest BCUT2D eigenvalue weighted by Gasteiger charge is -2.18. The maximum Gasteiger partial charge on any atom is 0.435 e. The zero-order chi connectivity index (χ0) is 29.0. The summed E-state index contributed by atoms with van der Waals surface area (Å²) in [6, 6.07) is 8.33. The second-order valence-electron chi connectivity index (χ2n) is 9.55. The van der Waals surface area contributed by atoms with Crippen molar-refractivity contribution in [1.29, 1.82) is 5.41 Å². The highest BCUT2D eigenvalue weighted by Crippen LogP contribution is 2.27. The van der Waals surface area contributed by atoms with Gasteiger partial charge in [-0.25, -0.2) is 23.5 Å². The molecule has 4 N–H and O–H groups in total. The van der Waals surface area contributed by atoms with Gasteiger partial charge in [0, 0.05) is 35.5 Å². The number of hydrogen-bond acceptors (Lipinski definition) is 10. The first-order valence-corrected chi connectivity index (χ1v) is 12.0. The van der Waals surface area contributed by atoms with Crippen LogP contribution in [-0.2, 0) is 11.3 Å². The Morgan fingerprint density at radius 3 is 2.52 bits per heavy atom. The van der Waals surface area contributed by atoms with Crippen molar-refractivity contribution in [2.24, 2.45) is 0 Å². The van der Waals surface area contributed by atoms with Crippen LogP contribution in [0.5, 0.6) is 11.5 Å². The first-order valence-electron chi connectivity index (χ1n) is 12.0. The molecule has 2 aromatic heterocycles. The van der Waals surface area contributed by atoms with Crippen LogP contribution in [0, 0.1) is 17.0 Å². The minimum atomic E-state index is -0.901. The van der Waals surface area contributed by atoms with Crippen molar-refractivity contribution in [1.82, 2.24) is 19.7 Å². The number of benzene rings is 2. The molecule has 0 bridgehead atoms. The zero-order valence-corrected chi connectivity index (χ0v) is 22.1. The van der Waals surface area contributed by atoms with E-state index >= 15 is 0 Å². The van der Waals surface area contributed by atoms with Crippen LogP contribution in [0.2, 0.25) is 0 Å². The Morgan fingerprint density at radius 2 is 1.85 bits per heavy atom. The van der Waals surface area contributed by atoms with E-state index in [-0.39, 0.29) is 35.2 Å². The molecule has 13 heteroatoms. The fourth-order valence-electron chi connectivity index (χ4n) is 3.58. The molecule has 2 heterocycles. The average Bonchev–Trinajstić information content (AvgIpc) is 3.36. The van der Waals surface area contributed by atoms with Gasteiger partial charge in [-0.15, -0.1) is 0 Å². The van der Waals surface area contributed by atoms with Crippen molar-refractivity contribution in [3.05, 3.63) is 83.6 Å². The molecule has 0 fully saturated rings. The van der Waals surface area contributed by atoms with E-state index in [4.69, 9.17) is 14.9 Å². The predicted octanol–water partition coefficient (Wildman–Crippen LogP) is 5.22. The summed E-state index contributed by atoms with van der Waals surface area (Å²) in [6.07, 6.45) is 3.54. The number of hydrogen-bond donors (Lipinski definition) is 4. The van der Waals surface area contributed by atoms with Crippen molar-refractivity contribution < 1.29 is 28.2 Å². The van der Waals surface area contributed by atoms with Gasteiger partial charge in [-0.05, 0) is 26.8 Å². The highest BCUT2D eigenvalue weighted by Gasteiger charge is 2.20. The van der Waals surface area contributed by atoms with E-state index in [1.165, 1.54) is 25.7 Å². The third kappa shape index (κ3) is 6.49. The Balaban J connectivity index is 1.57. The number of para-hydroxylation sites is 1. The number of rotatable bonds is 8. The molecular weight excluding hydrogens is 524 g/mol. The van der Waals surface area contributed by atoms with Crippen LogP contribution < -0.4 is 15.4 Å². The molecule has 0 saturated carbocycles. The quantitative estimate of drug-likeness (QED) is 0.216. The normalized spacial score (nSPS) is 11.2. The molecule has 11 nitrogen and oxygen atoms in total. The van der Waals surface area contributed by atoms with E-state index < -0.39 is 29.1 Å². The molecule has 208 valence electrons. The van der Waals surface area contributed by atoms with Crippen LogP contribution in [0.1, 0.15) is 37.7 Å². The molecule has 0 saturated heterocycles. The SMILES string of the molecule is COc1cnc(C(=N)c2ccccc2NCc2c(F)cc(O)cc2F)nc1Nc1cnn(C(=O)OC(C)(C)C)c1. The zero-order valence-electron chi connectivity index (χ0n) is 22.1.